The third-order valence-corrected chi connectivity index (χ3v) is 5.67. The van der Waals surface area contributed by atoms with E-state index in [-0.39, 0.29) is 18.2 Å². The third-order valence-electron chi connectivity index (χ3n) is 4.58. The van der Waals surface area contributed by atoms with Crippen molar-refractivity contribution < 1.29 is 14.3 Å². The molecule has 0 aliphatic heterocycles. The molecule has 27 heavy (non-hydrogen) atoms. The van der Waals surface area contributed by atoms with E-state index in [1.54, 1.807) is 24.3 Å². The molecule has 3 aromatic rings. The molecule has 0 amide bonds. The maximum atomic E-state index is 12.5. The van der Waals surface area contributed by atoms with E-state index in [1.807, 2.05) is 50.2 Å². The highest BCUT2D eigenvalue weighted by molar-refractivity contribution is 7.18. The summed E-state index contributed by atoms with van der Waals surface area (Å²) < 4.78 is 6.48. The Balaban J connectivity index is 1.49. The molecule has 0 unspecified atom stereocenters. The van der Waals surface area contributed by atoms with E-state index in [0.717, 1.165) is 32.8 Å². The average molecular weight is 381 g/mol. The van der Waals surface area contributed by atoms with Crippen LogP contribution < -0.4 is 0 Å². The predicted octanol–water partition coefficient (Wildman–Crippen LogP) is 5.05. The van der Waals surface area contributed by atoms with E-state index >= 15 is 0 Å². The fourth-order valence-electron chi connectivity index (χ4n) is 2.85. The standard InChI is InChI=1S/C22H23NO3S/c1-14-11-12-17(13-15(14)2)22(25)16(3)26-21(24)10-6-9-20-23-18-7-4-5-8-19(18)27-20/h4-5,7-8,11-13,16H,6,9-10H2,1-3H3/t16-/m0/s1. The van der Waals surface area contributed by atoms with Gasteiger partial charge >= 0.3 is 5.97 Å². The van der Waals surface area contributed by atoms with Crippen molar-refractivity contribution in [2.75, 3.05) is 0 Å². The van der Waals surface area contributed by atoms with Crippen LogP contribution in [-0.2, 0) is 16.0 Å². The zero-order valence-corrected chi connectivity index (χ0v) is 16.6. The molecule has 0 N–H and O–H groups in total. The number of nitrogens with zero attached hydrogens (tertiary/aromatic N) is 1. The second-order valence-electron chi connectivity index (χ2n) is 6.72. The van der Waals surface area contributed by atoms with E-state index < -0.39 is 6.10 Å². The minimum atomic E-state index is -0.776. The minimum absolute atomic E-state index is 0.169. The number of carbonyl (C=O) groups is 2. The van der Waals surface area contributed by atoms with E-state index in [0.29, 0.717) is 12.0 Å². The topological polar surface area (TPSA) is 56.3 Å². The zero-order valence-electron chi connectivity index (χ0n) is 15.8. The molecule has 0 radical (unpaired) electrons. The largest absolute Gasteiger partial charge is 0.454 e. The Labute approximate surface area is 163 Å². The summed E-state index contributed by atoms with van der Waals surface area (Å²) in [4.78, 5) is 29.1. The molecule has 1 heterocycles. The van der Waals surface area contributed by atoms with Crippen molar-refractivity contribution >= 4 is 33.3 Å². The number of carbonyl (C=O) groups excluding carboxylic acids is 2. The lowest BCUT2D eigenvalue weighted by molar-refractivity contribution is -0.146. The van der Waals surface area contributed by atoms with Crippen LogP contribution >= 0.6 is 11.3 Å². The van der Waals surface area contributed by atoms with Gasteiger partial charge in [-0.1, -0.05) is 24.3 Å². The van der Waals surface area contributed by atoms with Gasteiger partial charge in [0.1, 0.15) is 0 Å². The van der Waals surface area contributed by atoms with Gasteiger partial charge in [0, 0.05) is 12.0 Å². The van der Waals surface area contributed by atoms with Crippen LogP contribution in [0.4, 0.5) is 0 Å². The van der Waals surface area contributed by atoms with Crippen molar-refractivity contribution in [1.82, 2.24) is 4.98 Å². The van der Waals surface area contributed by atoms with Crippen LogP contribution in [0.3, 0.4) is 0 Å². The Hall–Kier alpha value is -2.53. The van der Waals surface area contributed by atoms with Crippen molar-refractivity contribution in [3.05, 3.63) is 64.2 Å². The molecule has 1 aromatic heterocycles. The molecule has 0 fully saturated rings. The van der Waals surface area contributed by atoms with Gasteiger partial charge in [-0.05, 0) is 62.9 Å². The van der Waals surface area contributed by atoms with Gasteiger partial charge in [0.15, 0.2) is 6.10 Å². The van der Waals surface area contributed by atoms with Gasteiger partial charge in [-0.15, -0.1) is 11.3 Å². The molecule has 0 bridgehead atoms. The molecule has 5 heteroatoms. The highest BCUT2D eigenvalue weighted by Crippen LogP contribution is 2.23. The summed E-state index contributed by atoms with van der Waals surface area (Å²) in [5, 5.41) is 1.02. The van der Waals surface area contributed by atoms with Gasteiger partial charge in [0.2, 0.25) is 5.78 Å². The van der Waals surface area contributed by atoms with Crippen molar-refractivity contribution in [3.63, 3.8) is 0 Å². The van der Waals surface area contributed by atoms with Gasteiger partial charge < -0.3 is 4.74 Å². The van der Waals surface area contributed by atoms with E-state index in [9.17, 15) is 9.59 Å². The zero-order chi connectivity index (χ0) is 19.4. The SMILES string of the molecule is Cc1ccc(C(=O)[C@H](C)OC(=O)CCCc2nc3ccccc3s2)cc1C. The molecule has 4 nitrogen and oxygen atoms in total. The number of para-hydroxylation sites is 1. The summed E-state index contributed by atoms with van der Waals surface area (Å²) in [5.41, 5.74) is 3.75. The molecular formula is C22H23NO3S. The fourth-order valence-corrected chi connectivity index (χ4v) is 3.86. The molecule has 140 valence electrons. The van der Waals surface area contributed by atoms with Crippen LogP contribution in [0.25, 0.3) is 10.2 Å². The minimum Gasteiger partial charge on any atom is -0.454 e. The van der Waals surface area contributed by atoms with Gasteiger partial charge in [-0.3, -0.25) is 9.59 Å². The number of benzene rings is 2. The highest BCUT2D eigenvalue weighted by atomic mass is 32.1. The first-order valence-electron chi connectivity index (χ1n) is 9.09. The average Bonchev–Trinajstić information content (AvgIpc) is 3.06. The number of aryl methyl sites for hydroxylation is 3. The number of aromatic nitrogens is 1. The van der Waals surface area contributed by atoms with Crippen LogP contribution in [0, 0.1) is 13.8 Å². The van der Waals surface area contributed by atoms with E-state index in [1.165, 1.54) is 0 Å². The van der Waals surface area contributed by atoms with Crippen LogP contribution in [-0.4, -0.2) is 22.8 Å². The Morgan fingerprint density at radius 3 is 2.63 bits per heavy atom. The fraction of sp³-hybridized carbons (Fsp3) is 0.318. The Kier molecular flexibility index (Phi) is 6.01. The molecule has 3 rings (SSSR count). The number of hydrogen-bond donors (Lipinski definition) is 0. The first-order valence-corrected chi connectivity index (χ1v) is 9.91. The first-order chi connectivity index (χ1) is 12.9. The number of fused-ring (bicyclic) bond motifs is 1. The normalized spacial score (nSPS) is 12.1. The van der Waals surface area contributed by atoms with Gasteiger partial charge in [-0.2, -0.15) is 0 Å². The Morgan fingerprint density at radius 2 is 1.89 bits per heavy atom. The molecule has 0 spiro atoms. The summed E-state index contributed by atoms with van der Waals surface area (Å²) >= 11 is 1.65. The van der Waals surface area contributed by atoms with Crippen LogP contribution in [0.15, 0.2) is 42.5 Å². The lowest BCUT2D eigenvalue weighted by Gasteiger charge is -2.13. The number of ether oxygens (including phenoxy) is 1. The second kappa shape index (κ2) is 8.44. The van der Waals surface area contributed by atoms with E-state index in [4.69, 9.17) is 4.74 Å². The summed E-state index contributed by atoms with van der Waals surface area (Å²) in [6.45, 7) is 5.59. The number of ketones is 1. The molecule has 0 aliphatic carbocycles. The number of thiazole rings is 1. The molecular weight excluding hydrogens is 358 g/mol. The van der Waals surface area contributed by atoms with Crippen LogP contribution in [0.2, 0.25) is 0 Å². The Bertz CT molecular complexity index is 944. The smallest absolute Gasteiger partial charge is 0.306 e. The highest BCUT2D eigenvalue weighted by Gasteiger charge is 2.19. The summed E-state index contributed by atoms with van der Waals surface area (Å²) in [7, 11) is 0. The maximum absolute atomic E-state index is 12.5. The summed E-state index contributed by atoms with van der Waals surface area (Å²) in [5.74, 6) is -0.515. The molecule has 0 saturated carbocycles. The summed E-state index contributed by atoms with van der Waals surface area (Å²) in [6.07, 6.45) is 0.888. The van der Waals surface area contributed by atoms with Gasteiger partial charge in [0.25, 0.3) is 0 Å². The number of hydrogen-bond acceptors (Lipinski definition) is 5. The van der Waals surface area contributed by atoms with Crippen molar-refractivity contribution in [1.29, 1.82) is 0 Å². The Morgan fingerprint density at radius 1 is 1.11 bits per heavy atom. The summed E-state index contributed by atoms with van der Waals surface area (Å²) in [6, 6.07) is 13.5. The maximum Gasteiger partial charge on any atom is 0.306 e. The molecule has 0 saturated heterocycles. The quantitative estimate of drug-likeness (QED) is 0.424. The number of Topliss-reactive ketones (excluding diaryl/α,β-unsaturated/α-hetero) is 1. The van der Waals surface area contributed by atoms with Crippen molar-refractivity contribution in [2.45, 2.75) is 46.1 Å². The van der Waals surface area contributed by atoms with Gasteiger partial charge in [-0.25, -0.2) is 4.98 Å². The molecule has 2 aromatic carbocycles. The van der Waals surface area contributed by atoms with E-state index in [2.05, 4.69) is 4.98 Å². The molecule has 0 aliphatic rings. The monoisotopic (exact) mass is 381 g/mol. The van der Waals surface area contributed by atoms with Gasteiger partial charge in [0.05, 0.1) is 15.2 Å². The van der Waals surface area contributed by atoms with Crippen molar-refractivity contribution in [3.8, 4) is 0 Å². The lowest BCUT2D eigenvalue weighted by Crippen LogP contribution is -2.24. The third kappa shape index (κ3) is 4.80. The van der Waals surface area contributed by atoms with Crippen LogP contribution in [0.5, 0.6) is 0 Å². The second-order valence-corrected chi connectivity index (χ2v) is 7.84. The predicted molar refractivity (Wildman–Crippen MR) is 108 cm³/mol. The number of rotatable bonds is 7. The lowest BCUT2D eigenvalue weighted by atomic mass is 10.0. The van der Waals surface area contributed by atoms with Crippen LogP contribution in [0.1, 0.15) is 46.3 Å². The first kappa shape index (κ1) is 19.2. The van der Waals surface area contributed by atoms with Crippen molar-refractivity contribution in [2.24, 2.45) is 0 Å². The molecule has 1 atom stereocenters. The number of esters is 1.